The quantitative estimate of drug-likeness (QED) is 0.417. The van der Waals surface area contributed by atoms with Gasteiger partial charge in [-0.1, -0.05) is 12.1 Å². The van der Waals surface area contributed by atoms with E-state index in [1.165, 1.54) is 0 Å². The van der Waals surface area contributed by atoms with Gasteiger partial charge in [0.05, 0.1) is 6.61 Å². The number of hydrogen-bond donors (Lipinski definition) is 6. The molecule has 0 spiro atoms. The van der Waals surface area contributed by atoms with Crippen LogP contribution in [-0.2, 0) is 4.74 Å². The highest BCUT2D eigenvalue weighted by Gasteiger charge is 2.45. The van der Waals surface area contributed by atoms with Crippen molar-refractivity contribution in [3.63, 3.8) is 0 Å². The average molecular weight is 339 g/mol. The normalized spacial score (nSPS) is 30.4. The number of para-hydroxylation sites is 1. The number of ether oxygens (including phenoxy) is 2. The molecule has 1 fully saturated rings. The molecule has 0 unspecified atom stereocenters. The fourth-order valence-corrected chi connectivity index (χ4v) is 2.72. The summed E-state index contributed by atoms with van der Waals surface area (Å²) in [5.74, 6) is -1.37. The Hall–Kier alpha value is -2.17. The Kier molecular flexibility index (Phi) is 4.43. The maximum Gasteiger partial charge on any atom is 0.356 e. The second-order valence-corrected chi connectivity index (χ2v) is 5.49. The minimum atomic E-state index is -1.66. The fraction of sp³-hybridized carbons (Fsp3) is 0.400. The standard InChI is InChI=1S/C15H17NO8/c17-5-8-10(18)11(19)13(15(22)23-8)24-12-6-3-1-2-4-7(6)16-9(12)14(20)21/h1-4,8,10-11,13,15-19,22H,5H2,(H,20,21)/t8-,10-,11+,13-,15-/m1/s1. The molecule has 1 aromatic carbocycles. The van der Waals surface area contributed by atoms with E-state index in [2.05, 4.69) is 4.98 Å². The van der Waals surface area contributed by atoms with E-state index in [0.717, 1.165) is 0 Å². The summed E-state index contributed by atoms with van der Waals surface area (Å²) in [6.45, 7) is -0.602. The number of aliphatic hydroxyl groups excluding tert-OH is 4. The molecule has 9 heteroatoms. The van der Waals surface area contributed by atoms with Crippen LogP contribution in [0.1, 0.15) is 10.5 Å². The van der Waals surface area contributed by atoms with Crippen LogP contribution in [0.2, 0.25) is 0 Å². The average Bonchev–Trinajstić information content (AvgIpc) is 2.94. The van der Waals surface area contributed by atoms with Crippen LogP contribution < -0.4 is 4.74 Å². The van der Waals surface area contributed by atoms with E-state index >= 15 is 0 Å². The molecule has 2 aromatic rings. The van der Waals surface area contributed by atoms with Gasteiger partial charge in [-0.2, -0.15) is 0 Å². The summed E-state index contributed by atoms with van der Waals surface area (Å²) in [7, 11) is 0. The van der Waals surface area contributed by atoms with Gasteiger partial charge in [-0.05, 0) is 12.1 Å². The van der Waals surface area contributed by atoms with Crippen molar-refractivity contribution < 1.29 is 39.8 Å². The van der Waals surface area contributed by atoms with E-state index < -0.39 is 43.3 Å². The van der Waals surface area contributed by atoms with E-state index in [1.54, 1.807) is 24.3 Å². The number of carbonyl (C=O) groups is 1. The van der Waals surface area contributed by atoms with Crippen LogP contribution in [0.4, 0.5) is 0 Å². The smallest absolute Gasteiger partial charge is 0.356 e. The second-order valence-electron chi connectivity index (χ2n) is 5.49. The van der Waals surface area contributed by atoms with Crippen LogP contribution in [0.15, 0.2) is 24.3 Å². The molecule has 24 heavy (non-hydrogen) atoms. The van der Waals surface area contributed by atoms with E-state index in [4.69, 9.17) is 14.6 Å². The number of rotatable bonds is 4. The van der Waals surface area contributed by atoms with Gasteiger partial charge in [0.2, 0.25) is 0 Å². The zero-order valence-electron chi connectivity index (χ0n) is 12.4. The molecule has 0 amide bonds. The maximum atomic E-state index is 11.4. The lowest BCUT2D eigenvalue weighted by Gasteiger charge is -2.39. The number of aromatic carboxylic acids is 1. The molecule has 0 bridgehead atoms. The van der Waals surface area contributed by atoms with Gasteiger partial charge < -0.3 is 40.0 Å². The Morgan fingerprint density at radius 2 is 1.92 bits per heavy atom. The number of carboxylic acids is 1. The summed E-state index contributed by atoms with van der Waals surface area (Å²) in [6.07, 6.45) is -7.34. The highest BCUT2D eigenvalue weighted by atomic mass is 16.7. The molecule has 5 atom stereocenters. The second kappa shape index (κ2) is 6.38. The highest BCUT2D eigenvalue weighted by molar-refractivity contribution is 6.00. The highest BCUT2D eigenvalue weighted by Crippen LogP contribution is 2.33. The topological polar surface area (TPSA) is 152 Å². The van der Waals surface area contributed by atoms with Crippen molar-refractivity contribution in [2.24, 2.45) is 0 Å². The number of nitrogens with one attached hydrogen (secondary N) is 1. The van der Waals surface area contributed by atoms with Crippen molar-refractivity contribution in [2.75, 3.05) is 6.61 Å². The van der Waals surface area contributed by atoms with Crippen LogP contribution in [0.25, 0.3) is 10.9 Å². The van der Waals surface area contributed by atoms with Crippen molar-refractivity contribution in [1.82, 2.24) is 4.98 Å². The Balaban J connectivity index is 1.97. The maximum absolute atomic E-state index is 11.4. The number of carboxylic acid groups (broad SMARTS) is 1. The van der Waals surface area contributed by atoms with Crippen molar-refractivity contribution in [2.45, 2.75) is 30.7 Å². The van der Waals surface area contributed by atoms with Crippen LogP contribution >= 0.6 is 0 Å². The predicted octanol–water partition coefficient (Wildman–Crippen LogP) is -0.955. The zero-order chi connectivity index (χ0) is 17.4. The molecule has 9 nitrogen and oxygen atoms in total. The third-order valence-electron chi connectivity index (χ3n) is 3.97. The third kappa shape index (κ3) is 2.72. The summed E-state index contributed by atoms with van der Waals surface area (Å²) in [5.41, 5.74) is 0.244. The number of benzene rings is 1. The first-order chi connectivity index (χ1) is 11.4. The minimum absolute atomic E-state index is 0.0838. The molecular weight excluding hydrogens is 322 g/mol. The molecule has 1 aromatic heterocycles. The predicted molar refractivity (Wildman–Crippen MR) is 79.7 cm³/mol. The molecule has 2 heterocycles. The molecule has 130 valence electrons. The fourth-order valence-electron chi connectivity index (χ4n) is 2.72. The van der Waals surface area contributed by atoms with E-state index in [1.807, 2.05) is 0 Å². The largest absolute Gasteiger partial charge is 0.479 e. The van der Waals surface area contributed by atoms with Gasteiger partial charge in [-0.15, -0.1) is 0 Å². The molecule has 1 saturated heterocycles. The Morgan fingerprint density at radius 1 is 1.21 bits per heavy atom. The molecule has 1 aliphatic rings. The number of aliphatic hydroxyl groups is 4. The van der Waals surface area contributed by atoms with Crippen LogP contribution in [0, 0.1) is 0 Å². The lowest BCUT2D eigenvalue weighted by molar-refractivity contribution is -0.280. The van der Waals surface area contributed by atoms with E-state index in [-0.39, 0.29) is 11.4 Å². The van der Waals surface area contributed by atoms with Crippen LogP contribution in [-0.4, -0.2) is 73.8 Å². The van der Waals surface area contributed by atoms with Gasteiger partial charge >= 0.3 is 5.97 Å². The Bertz CT molecular complexity index is 744. The minimum Gasteiger partial charge on any atom is -0.479 e. The van der Waals surface area contributed by atoms with Crippen LogP contribution in [0.3, 0.4) is 0 Å². The third-order valence-corrected chi connectivity index (χ3v) is 3.97. The summed E-state index contributed by atoms with van der Waals surface area (Å²) in [5, 5.41) is 48.8. The number of aromatic nitrogens is 1. The van der Waals surface area contributed by atoms with Gasteiger partial charge in [0.25, 0.3) is 0 Å². The summed E-state index contributed by atoms with van der Waals surface area (Å²) in [6, 6.07) is 6.64. The monoisotopic (exact) mass is 339 g/mol. The molecule has 6 N–H and O–H groups in total. The van der Waals surface area contributed by atoms with Gasteiger partial charge in [0.15, 0.2) is 23.8 Å². The first-order valence-electron chi connectivity index (χ1n) is 7.25. The molecular formula is C15H17NO8. The molecule has 1 aliphatic heterocycles. The lowest BCUT2D eigenvalue weighted by atomic mass is 9.99. The first kappa shape index (κ1) is 16.7. The lowest BCUT2D eigenvalue weighted by Crippen LogP contribution is -2.60. The Labute approximate surface area is 135 Å². The van der Waals surface area contributed by atoms with E-state index in [0.29, 0.717) is 10.9 Å². The summed E-state index contributed by atoms with van der Waals surface area (Å²) >= 11 is 0. The number of hydrogen-bond acceptors (Lipinski definition) is 7. The van der Waals surface area contributed by atoms with Gasteiger partial charge in [0, 0.05) is 10.9 Å². The van der Waals surface area contributed by atoms with E-state index in [9.17, 15) is 25.2 Å². The van der Waals surface area contributed by atoms with Gasteiger partial charge in [-0.25, -0.2) is 4.79 Å². The number of aromatic amines is 1. The first-order valence-corrected chi connectivity index (χ1v) is 7.25. The number of H-pyrrole nitrogens is 1. The summed E-state index contributed by atoms with van der Waals surface area (Å²) in [4.78, 5) is 14.1. The van der Waals surface area contributed by atoms with Crippen molar-refractivity contribution in [1.29, 1.82) is 0 Å². The van der Waals surface area contributed by atoms with Crippen molar-refractivity contribution >= 4 is 16.9 Å². The van der Waals surface area contributed by atoms with Crippen molar-refractivity contribution in [3.8, 4) is 5.75 Å². The molecule has 0 radical (unpaired) electrons. The SMILES string of the molecule is O=C(O)c1[nH]c2ccccc2c1O[C@@H]1[C@@H](O)[C@H](O)[C@@H](CO)O[C@H]1O. The van der Waals surface area contributed by atoms with Gasteiger partial charge in [-0.3, -0.25) is 0 Å². The van der Waals surface area contributed by atoms with Crippen molar-refractivity contribution in [3.05, 3.63) is 30.0 Å². The zero-order valence-corrected chi connectivity index (χ0v) is 12.4. The number of fused-ring (bicyclic) bond motifs is 1. The molecule has 3 rings (SSSR count). The molecule has 0 aliphatic carbocycles. The Morgan fingerprint density at radius 3 is 2.58 bits per heavy atom. The molecule has 0 saturated carbocycles. The summed E-state index contributed by atoms with van der Waals surface area (Å²) < 4.78 is 10.5. The van der Waals surface area contributed by atoms with Crippen LogP contribution in [0.5, 0.6) is 5.75 Å². The van der Waals surface area contributed by atoms with Gasteiger partial charge in [0.1, 0.15) is 18.3 Å².